The summed E-state index contributed by atoms with van der Waals surface area (Å²) in [5.41, 5.74) is 0.382. The number of rotatable bonds is 3. The van der Waals surface area contributed by atoms with E-state index < -0.39 is 11.7 Å². The van der Waals surface area contributed by atoms with E-state index in [4.69, 9.17) is 4.74 Å². The van der Waals surface area contributed by atoms with Crippen molar-refractivity contribution in [3.63, 3.8) is 0 Å². The van der Waals surface area contributed by atoms with Crippen LogP contribution in [0.25, 0.3) is 0 Å². The van der Waals surface area contributed by atoms with E-state index in [1.165, 1.54) is 0 Å². The predicted molar refractivity (Wildman–Crippen MR) is 86.0 cm³/mol. The molecule has 0 radical (unpaired) electrons. The van der Waals surface area contributed by atoms with Crippen molar-refractivity contribution in [1.29, 1.82) is 0 Å². The van der Waals surface area contributed by atoms with Crippen LogP contribution in [0.3, 0.4) is 0 Å². The third kappa shape index (κ3) is 5.52. The third-order valence-corrected chi connectivity index (χ3v) is 3.46. The Balaban J connectivity index is 1.84. The Hall–Kier alpha value is -1.82. The molecular formula is C16H25N3O3. The summed E-state index contributed by atoms with van der Waals surface area (Å²) < 4.78 is 5.17. The molecule has 1 aliphatic carbocycles. The van der Waals surface area contributed by atoms with Gasteiger partial charge in [-0.05, 0) is 58.6 Å². The second-order valence-corrected chi connectivity index (χ2v) is 6.71. The zero-order valence-electron chi connectivity index (χ0n) is 13.4. The van der Waals surface area contributed by atoms with Gasteiger partial charge in [0.05, 0.1) is 18.0 Å². The van der Waals surface area contributed by atoms with Gasteiger partial charge >= 0.3 is 6.09 Å². The quantitative estimate of drug-likeness (QED) is 0.799. The van der Waals surface area contributed by atoms with Crippen LogP contribution in [0.1, 0.15) is 46.5 Å². The van der Waals surface area contributed by atoms with Gasteiger partial charge in [0.1, 0.15) is 11.4 Å². The average Bonchev–Trinajstić information content (AvgIpc) is 2.41. The number of aliphatic hydroxyl groups is 1. The monoisotopic (exact) mass is 307 g/mol. The van der Waals surface area contributed by atoms with Gasteiger partial charge in [0.25, 0.3) is 0 Å². The molecule has 6 nitrogen and oxygen atoms in total. The predicted octanol–water partition coefficient (Wildman–Crippen LogP) is 3.14. The lowest BCUT2D eigenvalue weighted by atomic mass is 9.93. The van der Waals surface area contributed by atoms with Gasteiger partial charge < -0.3 is 15.2 Å². The van der Waals surface area contributed by atoms with E-state index in [-0.39, 0.29) is 6.10 Å². The van der Waals surface area contributed by atoms with E-state index in [9.17, 15) is 9.90 Å². The minimum atomic E-state index is -0.531. The van der Waals surface area contributed by atoms with E-state index in [2.05, 4.69) is 15.6 Å². The minimum absolute atomic E-state index is 0.156. The summed E-state index contributed by atoms with van der Waals surface area (Å²) in [4.78, 5) is 15.9. The van der Waals surface area contributed by atoms with Crippen LogP contribution in [-0.2, 0) is 4.74 Å². The second-order valence-electron chi connectivity index (χ2n) is 6.71. The number of hydrogen-bond donors (Lipinski definition) is 3. The Labute approximate surface area is 131 Å². The molecule has 1 fully saturated rings. The van der Waals surface area contributed by atoms with E-state index in [0.717, 1.165) is 31.4 Å². The molecule has 2 rings (SSSR count). The van der Waals surface area contributed by atoms with Crippen LogP contribution in [0, 0.1) is 0 Å². The number of carbonyl (C=O) groups excluding carboxylic acids is 1. The molecule has 1 heterocycles. The molecule has 0 aliphatic heterocycles. The largest absolute Gasteiger partial charge is 0.444 e. The van der Waals surface area contributed by atoms with E-state index >= 15 is 0 Å². The van der Waals surface area contributed by atoms with Gasteiger partial charge in [-0.1, -0.05) is 0 Å². The summed E-state index contributed by atoms with van der Waals surface area (Å²) in [6, 6.07) is 3.99. The molecule has 1 aliphatic rings. The average molecular weight is 307 g/mol. The van der Waals surface area contributed by atoms with Gasteiger partial charge in [0.15, 0.2) is 0 Å². The Morgan fingerprint density at radius 1 is 1.27 bits per heavy atom. The Kier molecular flexibility index (Phi) is 5.24. The summed E-state index contributed by atoms with van der Waals surface area (Å²) in [5, 5.41) is 15.5. The van der Waals surface area contributed by atoms with Gasteiger partial charge in [-0.2, -0.15) is 0 Å². The van der Waals surface area contributed by atoms with Gasteiger partial charge in [-0.15, -0.1) is 0 Å². The normalized spacial score (nSPS) is 22.0. The summed E-state index contributed by atoms with van der Waals surface area (Å²) in [5.74, 6) is 0.457. The number of ether oxygens (including phenoxy) is 1. The molecule has 0 aromatic carbocycles. The van der Waals surface area contributed by atoms with Crippen LogP contribution in [0.15, 0.2) is 18.3 Å². The highest BCUT2D eigenvalue weighted by Gasteiger charge is 2.19. The van der Waals surface area contributed by atoms with Crippen LogP contribution >= 0.6 is 0 Å². The van der Waals surface area contributed by atoms with Gasteiger partial charge in [-0.25, -0.2) is 9.78 Å². The zero-order chi connectivity index (χ0) is 16.2. The summed E-state index contributed by atoms with van der Waals surface area (Å²) in [7, 11) is 0. The lowest BCUT2D eigenvalue weighted by Gasteiger charge is -2.26. The molecule has 6 heteroatoms. The van der Waals surface area contributed by atoms with Crippen molar-refractivity contribution in [2.24, 2.45) is 0 Å². The SMILES string of the molecule is CC(C)(C)OC(=O)Nc1ccc(NC2CCC(O)CC2)cn1. The van der Waals surface area contributed by atoms with Gasteiger partial charge in [0, 0.05) is 6.04 Å². The van der Waals surface area contributed by atoms with E-state index in [0.29, 0.717) is 11.9 Å². The second kappa shape index (κ2) is 6.96. The fraction of sp³-hybridized carbons (Fsp3) is 0.625. The first-order chi connectivity index (χ1) is 10.3. The number of nitrogens with zero attached hydrogens (tertiary/aromatic N) is 1. The van der Waals surface area contributed by atoms with Crippen molar-refractivity contribution in [2.45, 2.75) is 64.2 Å². The van der Waals surface area contributed by atoms with Crippen molar-refractivity contribution >= 4 is 17.6 Å². The smallest absolute Gasteiger partial charge is 0.413 e. The first-order valence-electron chi connectivity index (χ1n) is 7.72. The van der Waals surface area contributed by atoms with Crippen molar-refractivity contribution in [2.75, 3.05) is 10.6 Å². The Bertz CT molecular complexity index is 488. The lowest BCUT2D eigenvalue weighted by molar-refractivity contribution is 0.0635. The highest BCUT2D eigenvalue weighted by Crippen LogP contribution is 2.22. The van der Waals surface area contributed by atoms with Crippen molar-refractivity contribution < 1.29 is 14.6 Å². The maximum Gasteiger partial charge on any atom is 0.413 e. The van der Waals surface area contributed by atoms with Crippen LogP contribution in [0.2, 0.25) is 0 Å². The van der Waals surface area contributed by atoms with Crippen LogP contribution in [-0.4, -0.2) is 33.9 Å². The maximum atomic E-state index is 11.6. The van der Waals surface area contributed by atoms with E-state index in [1.807, 2.05) is 26.8 Å². The molecule has 22 heavy (non-hydrogen) atoms. The fourth-order valence-corrected chi connectivity index (χ4v) is 2.42. The molecule has 0 bridgehead atoms. The number of hydrogen-bond acceptors (Lipinski definition) is 5. The van der Waals surface area contributed by atoms with Crippen molar-refractivity contribution in [3.8, 4) is 0 Å². The Morgan fingerprint density at radius 2 is 1.95 bits per heavy atom. The number of aliphatic hydroxyl groups excluding tert-OH is 1. The summed E-state index contributed by atoms with van der Waals surface area (Å²) in [6.45, 7) is 5.44. The number of pyridine rings is 1. The number of carbonyl (C=O) groups is 1. The first-order valence-corrected chi connectivity index (χ1v) is 7.72. The molecule has 1 saturated carbocycles. The number of aromatic nitrogens is 1. The number of nitrogens with one attached hydrogen (secondary N) is 2. The number of anilines is 2. The zero-order valence-corrected chi connectivity index (χ0v) is 13.4. The number of amides is 1. The van der Waals surface area contributed by atoms with Crippen LogP contribution in [0.4, 0.5) is 16.3 Å². The van der Waals surface area contributed by atoms with Gasteiger partial charge in [-0.3, -0.25) is 5.32 Å². The molecule has 1 amide bonds. The fourth-order valence-electron chi connectivity index (χ4n) is 2.42. The minimum Gasteiger partial charge on any atom is -0.444 e. The molecule has 1 aromatic rings. The summed E-state index contributed by atoms with van der Waals surface area (Å²) >= 11 is 0. The molecule has 0 saturated heterocycles. The standard InChI is InChI=1S/C16H25N3O3/c1-16(2,3)22-15(21)19-14-9-6-12(10-17-14)18-11-4-7-13(20)8-5-11/h6,9-11,13,18,20H,4-5,7-8H2,1-3H3,(H,17,19,21). The summed E-state index contributed by atoms with van der Waals surface area (Å²) in [6.07, 6.45) is 4.61. The molecular weight excluding hydrogens is 282 g/mol. The highest BCUT2D eigenvalue weighted by molar-refractivity contribution is 5.83. The first kappa shape index (κ1) is 16.5. The topological polar surface area (TPSA) is 83.5 Å². The highest BCUT2D eigenvalue weighted by atomic mass is 16.6. The molecule has 0 spiro atoms. The molecule has 3 N–H and O–H groups in total. The molecule has 1 aromatic heterocycles. The Morgan fingerprint density at radius 3 is 2.50 bits per heavy atom. The van der Waals surface area contributed by atoms with Crippen LogP contribution < -0.4 is 10.6 Å². The van der Waals surface area contributed by atoms with Crippen LogP contribution in [0.5, 0.6) is 0 Å². The van der Waals surface area contributed by atoms with Crippen molar-refractivity contribution in [3.05, 3.63) is 18.3 Å². The third-order valence-electron chi connectivity index (χ3n) is 3.46. The maximum absolute atomic E-state index is 11.6. The van der Waals surface area contributed by atoms with E-state index in [1.54, 1.807) is 12.3 Å². The van der Waals surface area contributed by atoms with Crippen molar-refractivity contribution in [1.82, 2.24) is 4.98 Å². The molecule has 122 valence electrons. The van der Waals surface area contributed by atoms with Gasteiger partial charge in [0.2, 0.25) is 0 Å². The lowest BCUT2D eigenvalue weighted by Crippen LogP contribution is -2.28. The molecule has 0 unspecified atom stereocenters. The molecule has 0 atom stereocenters.